The van der Waals surface area contributed by atoms with Crippen molar-refractivity contribution >= 4 is 60.2 Å². The second-order valence-electron chi connectivity index (χ2n) is 13.6. The molecule has 10 rings (SSSR count). The molecule has 1 heteroatoms. The molecule has 0 aliphatic carbocycles. The fourth-order valence-electron chi connectivity index (χ4n) is 8.45. The van der Waals surface area contributed by atoms with Gasteiger partial charge in [-0.1, -0.05) is 176 Å². The third-order valence-electron chi connectivity index (χ3n) is 10.7. The Balaban J connectivity index is 1.20. The molecule has 0 heterocycles. The van der Waals surface area contributed by atoms with Crippen LogP contribution in [0, 0.1) is 0 Å². The van der Waals surface area contributed by atoms with E-state index >= 15 is 0 Å². The molecule has 0 saturated heterocycles. The third-order valence-corrected chi connectivity index (χ3v) is 10.7. The Morgan fingerprint density at radius 3 is 1.35 bits per heavy atom. The Bertz CT molecular complexity index is 2750. The van der Waals surface area contributed by atoms with Gasteiger partial charge in [0.1, 0.15) is 0 Å². The van der Waals surface area contributed by atoms with Gasteiger partial charge < -0.3 is 4.90 Å². The summed E-state index contributed by atoms with van der Waals surface area (Å²) in [6.45, 7) is 0. The molecule has 0 amide bonds. The summed E-state index contributed by atoms with van der Waals surface area (Å²) >= 11 is 0. The summed E-state index contributed by atoms with van der Waals surface area (Å²) in [6.07, 6.45) is 0. The van der Waals surface area contributed by atoms with Crippen molar-refractivity contribution in [3.8, 4) is 11.1 Å². The van der Waals surface area contributed by atoms with Gasteiger partial charge in [-0.15, -0.1) is 0 Å². The van der Waals surface area contributed by atoms with Crippen molar-refractivity contribution in [2.45, 2.75) is 5.92 Å². The molecular formula is C51H35N. The number of nitrogens with zero attached hydrogens (tertiary/aromatic N) is 1. The average Bonchev–Trinajstić information content (AvgIpc) is 3.22. The summed E-state index contributed by atoms with van der Waals surface area (Å²) in [5.41, 5.74) is 9.79. The van der Waals surface area contributed by atoms with Gasteiger partial charge in [0.25, 0.3) is 0 Å². The zero-order valence-corrected chi connectivity index (χ0v) is 28.7. The minimum absolute atomic E-state index is 0.124. The van der Waals surface area contributed by atoms with Crippen LogP contribution in [0.4, 0.5) is 17.1 Å². The predicted octanol–water partition coefficient (Wildman–Crippen LogP) is 14.1. The highest BCUT2D eigenvalue weighted by Gasteiger charge is 2.23. The second-order valence-corrected chi connectivity index (χ2v) is 13.6. The van der Waals surface area contributed by atoms with Crippen LogP contribution in [0.1, 0.15) is 22.6 Å². The standard InChI is InChI=1S/C51H35N/c1-5-15-35(16-6-1)36-27-29-40(30-28-36)52(39-21-11-4-12-22-39)48-34-33-46-45-32-31-44(49(37-17-7-2-8-18-37)38-19-9-3-10-20-38)43-24-13-23-41(50(43)45)42-25-14-26-47(48)51(42)46/h1-34,49H. The highest BCUT2D eigenvalue weighted by atomic mass is 15.1. The Kier molecular flexibility index (Phi) is 7.29. The van der Waals surface area contributed by atoms with Crippen LogP contribution in [0.5, 0.6) is 0 Å². The fourth-order valence-corrected chi connectivity index (χ4v) is 8.45. The van der Waals surface area contributed by atoms with Crippen LogP contribution in [0.3, 0.4) is 0 Å². The molecule has 0 bridgehead atoms. The molecule has 244 valence electrons. The molecule has 0 saturated carbocycles. The third kappa shape index (κ3) is 4.93. The quantitative estimate of drug-likeness (QED) is 0.0933. The van der Waals surface area contributed by atoms with E-state index in [1.165, 1.54) is 76.6 Å². The molecule has 0 aliphatic heterocycles. The van der Waals surface area contributed by atoms with E-state index in [1.54, 1.807) is 0 Å². The summed E-state index contributed by atoms with van der Waals surface area (Å²) in [5.74, 6) is 0.124. The van der Waals surface area contributed by atoms with Crippen molar-refractivity contribution in [3.63, 3.8) is 0 Å². The molecule has 0 unspecified atom stereocenters. The summed E-state index contributed by atoms with van der Waals surface area (Å²) in [5, 5.41) is 10.3. The first kappa shape index (κ1) is 30.2. The van der Waals surface area contributed by atoms with Gasteiger partial charge in [0.15, 0.2) is 0 Å². The molecule has 0 fully saturated rings. The number of hydrogen-bond donors (Lipinski definition) is 0. The van der Waals surface area contributed by atoms with Gasteiger partial charge in [-0.05, 0) is 95.9 Å². The number of hydrogen-bond acceptors (Lipinski definition) is 1. The maximum Gasteiger partial charge on any atom is 0.0540 e. The van der Waals surface area contributed by atoms with E-state index in [2.05, 4.69) is 211 Å². The van der Waals surface area contributed by atoms with Crippen LogP contribution in [0.25, 0.3) is 54.2 Å². The Labute approximate surface area is 304 Å². The smallest absolute Gasteiger partial charge is 0.0540 e. The molecular weight excluding hydrogens is 627 g/mol. The van der Waals surface area contributed by atoms with Crippen LogP contribution in [-0.4, -0.2) is 0 Å². The molecule has 0 radical (unpaired) electrons. The number of rotatable bonds is 7. The predicted molar refractivity (Wildman–Crippen MR) is 222 cm³/mol. The second kappa shape index (κ2) is 12.6. The van der Waals surface area contributed by atoms with Crippen molar-refractivity contribution in [2.24, 2.45) is 0 Å². The van der Waals surface area contributed by atoms with Gasteiger partial charge in [-0.25, -0.2) is 0 Å². The summed E-state index contributed by atoms with van der Waals surface area (Å²) in [4.78, 5) is 2.40. The number of para-hydroxylation sites is 1. The molecule has 52 heavy (non-hydrogen) atoms. The van der Waals surface area contributed by atoms with Crippen LogP contribution in [-0.2, 0) is 0 Å². The Morgan fingerprint density at radius 1 is 0.288 bits per heavy atom. The van der Waals surface area contributed by atoms with Crippen LogP contribution in [0.2, 0.25) is 0 Å². The largest absolute Gasteiger partial charge is 0.310 e. The topological polar surface area (TPSA) is 3.24 Å². The Hall–Kier alpha value is -6.70. The van der Waals surface area contributed by atoms with E-state index in [4.69, 9.17) is 0 Å². The number of fused-ring (bicyclic) bond motifs is 2. The molecule has 1 nitrogen and oxygen atoms in total. The molecule has 0 aliphatic rings. The van der Waals surface area contributed by atoms with Crippen LogP contribution < -0.4 is 4.90 Å². The van der Waals surface area contributed by atoms with E-state index in [1.807, 2.05) is 0 Å². The lowest BCUT2D eigenvalue weighted by Gasteiger charge is -2.28. The van der Waals surface area contributed by atoms with Crippen molar-refractivity contribution in [3.05, 3.63) is 223 Å². The molecule has 0 atom stereocenters. The molecule has 10 aromatic rings. The summed E-state index contributed by atoms with van der Waals surface area (Å²) in [6, 6.07) is 75.3. The lowest BCUT2D eigenvalue weighted by molar-refractivity contribution is 0.990. The monoisotopic (exact) mass is 661 g/mol. The first-order valence-electron chi connectivity index (χ1n) is 18.1. The van der Waals surface area contributed by atoms with Gasteiger partial charge in [0, 0.05) is 22.7 Å². The Morgan fingerprint density at radius 2 is 0.731 bits per heavy atom. The van der Waals surface area contributed by atoms with E-state index in [0.717, 1.165) is 11.4 Å². The van der Waals surface area contributed by atoms with Crippen molar-refractivity contribution in [2.75, 3.05) is 4.90 Å². The van der Waals surface area contributed by atoms with E-state index in [-0.39, 0.29) is 5.92 Å². The minimum atomic E-state index is 0.124. The maximum absolute atomic E-state index is 2.40. The molecule has 0 N–H and O–H groups in total. The van der Waals surface area contributed by atoms with Crippen molar-refractivity contribution < 1.29 is 0 Å². The van der Waals surface area contributed by atoms with Crippen LogP contribution >= 0.6 is 0 Å². The summed E-state index contributed by atoms with van der Waals surface area (Å²) in [7, 11) is 0. The average molecular weight is 662 g/mol. The van der Waals surface area contributed by atoms with Gasteiger partial charge in [0.2, 0.25) is 0 Å². The molecule has 0 aromatic heterocycles. The first-order chi connectivity index (χ1) is 25.8. The highest BCUT2D eigenvalue weighted by molar-refractivity contribution is 6.34. The number of benzene rings is 10. The van der Waals surface area contributed by atoms with E-state index in [0.29, 0.717) is 0 Å². The normalized spacial score (nSPS) is 11.6. The minimum Gasteiger partial charge on any atom is -0.310 e. The highest BCUT2D eigenvalue weighted by Crippen LogP contribution is 2.48. The van der Waals surface area contributed by atoms with E-state index < -0.39 is 0 Å². The lowest BCUT2D eigenvalue weighted by Crippen LogP contribution is -2.10. The first-order valence-corrected chi connectivity index (χ1v) is 18.1. The molecule has 0 spiro atoms. The lowest BCUT2D eigenvalue weighted by atomic mass is 9.80. The van der Waals surface area contributed by atoms with Crippen LogP contribution in [0.15, 0.2) is 206 Å². The summed E-state index contributed by atoms with van der Waals surface area (Å²) < 4.78 is 0. The van der Waals surface area contributed by atoms with Gasteiger partial charge in [-0.2, -0.15) is 0 Å². The molecule has 10 aromatic carbocycles. The zero-order chi connectivity index (χ0) is 34.4. The fraction of sp³-hybridized carbons (Fsp3) is 0.0196. The van der Waals surface area contributed by atoms with Gasteiger partial charge in [0.05, 0.1) is 5.69 Å². The zero-order valence-electron chi connectivity index (χ0n) is 28.7. The van der Waals surface area contributed by atoms with Crippen molar-refractivity contribution in [1.82, 2.24) is 0 Å². The van der Waals surface area contributed by atoms with Gasteiger partial charge >= 0.3 is 0 Å². The van der Waals surface area contributed by atoms with E-state index in [9.17, 15) is 0 Å². The number of anilines is 3. The SMILES string of the molecule is c1ccc(-c2ccc(N(c3ccccc3)c3ccc4c5ccc(C(c6ccccc6)c6ccccc6)c6cccc(c7cccc3c74)c65)cc2)cc1. The van der Waals surface area contributed by atoms with Crippen molar-refractivity contribution in [1.29, 1.82) is 0 Å². The van der Waals surface area contributed by atoms with Gasteiger partial charge in [-0.3, -0.25) is 0 Å². The maximum atomic E-state index is 2.40.